The summed E-state index contributed by atoms with van der Waals surface area (Å²) in [6.45, 7) is 6.26. The van der Waals surface area contributed by atoms with Gasteiger partial charge in [0, 0.05) is 6.42 Å². The van der Waals surface area contributed by atoms with Crippen molar-refractivity contribution >= 4 is 11.9 Å². The number of esters is 1. The Kier molecular flexibility index (Phi) is 43.2. The fourth-order valence-electron chi connectivity index (χ4n) is 7.27. The largest absolute Gasteiger partial charge is 0.462 e. The predicted octanol–water partition coefficient (Wildman–Crippen LogP) is 14.3. The maximum atomic E-state index is 13.2. The molecule has 3 unspecified atom stereocenters. The number of carbonyl (C=O) groups excluding carboxylic acids is 2. The maximum absolute atomic E-state index is 13.2. The predicted molar refractivity (Wildman–Crippen MR) is 245 cm³/mol. The van der Waals surface area contributed by atoms with Crippen molar-refractivity contribution in [3.63, 3.8) is 0 Å². The first-order valence-corrected chi connectivity index (χ1v) is 24.4. The second-order valence-electron chi connectivity index (χ2n) is 16.4. The average Bonchev–Trinajstić information content (AvgIpc) is 3.20. The first kappa shape index (κ1) is 54.8. The molecule has 0 aromatic rings. The van der Waals surface area contributed by atoms with Crippen molar-refractivity contribution in [2.75, 3.05) is 6.61 Å². The number of carbonyl (C=O) groups is 2. The molecule has 0 saturated heterocycles. The monoisotopic (exact) mass is 800 g/mol. The van der Waals surface area contributed by atoms with Gasteiger partial charge in [-0.3, -0.25) is 9.59 Å². The van der Waals surface area contributed by atoms with E-state index in [4.69, 9.17) is 4.74 Å². The number of nitrogens with one attached hydrogen (secondary N) is 1. The minimum Gasteiger partial charge on any atom is -0.462 e. The third-order valence-electron chi connectivity index (χ3n) is 10.9. The first-order valence-electron chi connectivity index (χ1n) is 24.4. The summed E-state index contributed by atoms with van der Waals surface area (Å²) in [5, 5.41) is 23.7. The summed E-state index contributed by atoms with van der Waals surface area (Å²) in [7, 11) is 0. The summed E-state index contributed by atoms with van der Waals surface area (Å²) in [5.41, 5.74) is 0. The Labute approximate surface area is 353 Å². The van der Waals surface area contributed by atoms with Crippen LogP contribution in [0.5, 0.6) is 0 Å². The molecule has 3 N–H and O–H groups in total. The molecule has 0 heterocycles. The van der Waals surface area contributed by atoms with Crippen LogP contribution >= 0.6 is 0 Å². The van der Waals surface area contributed by atoms with E-state index < -0.39 is 18.2 Å². The van der Waals surface area contributed by atoms with Crippen LogP contribution in [0.15, 0.2) is 48.6 Å². The van der Waals surface area contributed by atoms with E-state index in [9.17, 15) is 19.8 Å². The van der Waals surface area contributed by atoms with Crippen LogP contribution < -0.4 is 5.32 Å². The molecule has 6 heteroatoms. The topological polar surface area (TPSA) is 95.9 Å². The molecule has 57 heavy (non-hydrogen) atoms. The minimum atomic E-state index is -0.791. The molecule has 0 fully saturated rings. The highest BCUT2D eigenvalue weighted by Gasteiger charge is 2.24. The van der Waals surface area contributed by atoms with Crippen LogP contribution in [0, 0.1) is 0 Å². The van der Waals surface area contributed by atoms with Crippen molar-refractivity contribution in [2.45, 2.75) is 257 Å². The molecule has 0 bridgehead atoms. The number of aliphatic hydroxyl groups excluding tert-OH is 2. The van der Waals surface area contributed by atoms with Gasteiger partial charge in [-0.15, -0.1) is 0 Å². The minimum absolute atomic E-state index is 0.0649. The van der Waals surface area contributed by atoms with Crippen LogP contribution in [0.1, 0.15) is 239 Å². The van der Waals surface area contributed by atoms with Crippen molar-refractivity contribution in [1.29, 1.82) is 0 Å². The molecule has 0 aliphatic heterocycles. The first-order chi connectivity index (χ1) is 28.0. The molecule has 0 rings (SSSR count). The molecule has 6 nitrogen and oxygen atoms in total. The number of allylic oxidation sites excluding steroid dienone is 8. The summed E-state index contributed by atoms with van der Waals surface area (Å²) in [6, 6.07) is -0.706. The van der Waals surface area contributed by atoms with Gasteiger partial charge in [-0.2, -0.15) is 0 Å². The molecule has 0 radical (unpaired) electrons. The molecule has 0 saturated carbocycles. The van der Waals surface area contributed by atoms with Gasteiger partial charge < -0.3 is 20.3 Å². The molecule has 332 valence electrons. The molecule has 0 aromatic carbocycles. The van der Waals surface area contributed by atoms with E-state index in [-0.39, 0.29) is 24.9 Å². The van der Waals surface area contributed by atoms with Crippen molar-refractivity contribution in [1.82, 2.24) is 5.32 Å². The van der Waals surface area contributed by atoms with Crippen molar-refractivity contribution < 1.29 is 24.5 Å². The van der Waals surface area contributed by atoms with Crippen LogP contribution in [0.2, 0.25) is 0 Å². The standard InChI is InChI=1S/C51H93NO5/c1-4-7-10-13-16-19-22-25-26-29-32-35-38-41-44-51(56)57-47(42-39-36-33-30-27-23-20-17-14-11-8-5-2)45-50(55)52-48(46-53)49(54)43-40-37-34-31-28-24-21-18-15-12-9-6-3/h7-8,10-11,16-17,19-20,47-49,53-54H,4-6,9,12-15,18,21-46H2,1-3H3,(H,52,55)/b10-7+,11-8+,19-16+,20-17+. The Bertz CT molecular complexity index is 988. The van der Waals surface area contributed by atoms with Crippen LogP contribution in [0.4, 0.5) is 0 Å². The number of unbranched alkanes of at least 4 members (excludes halogenated alkanes) is 23. The molecule has 0 aliphatic rings. The Balaban J connectivity index is 4.59. The van der Waals surface area contributed by atoms with E-state index in [1.54, 1.807) is 0 Å². The van der Waals surface area contributed by atoms with Gasteiger partial charge in [0.15, 0.2) is 0 Å². The molecule has 1 amide bonds. The zero-order valence-electron chi connectivity index (χ0n) is 37.7. The number of aliphatic hydroxyl groups is 2. The van der Waals surface area contributed by atoms with Gasteiger partial charge in [0.1, 0.15) is 6.10 Å². The smallest absolute Gasteiger partial charge is 0.306 e. The number of amides is 1. The number of hydrogen-bond acceptors (Lipinski definition) is 5. The zero-order valence-corrected chi connectivity index (χ0v) is 37.7. The summed E-state index contributed by atoms with van der Waals surface area (Å²) >= 11 is 0. The number of rotatable bonds is 43. The van der Waals surface area contributed by atoms with Crippen LogP contribution in [0.25, 0.3) is 0 Å². The normalized spacial score (nSPS) is 13.7. The van der Waals surface area contributed by atoms with Crippen molar-refractivity contribution in [3.05, 3.63) is 48.6 Å². The third-order valence-corrected chi connectivity index (χ3v) is 10.9. The zero-order chi connectivity index (χ0) is 41.7. The van der Waals surface area contributed by atoms with E-state index in [0.717, 1.165) is 96.3 Å². The Hall–Kier alpha value is -2.18. The quantitative estimate of drug-likeness (QED) is 0.0324. The van der Waals surface area contributed by atoms with E-state index in [2.05, 4.69) is 74.7 Å². The van der Waals surface area contributed by atoms with E-state index in [1.807, 2.05) is 0 Å². The lowest BCUT2D eigenvalue weighted by molar-refractivity contribution is -0.151. The third kappa shape index (κ3) is 40.4. The summed E-state index contributed by atoms with van der Waals surface area (Å²) in [5.74, 6) is -0.496. The SMILES string of the molecule is CC/C=C/C/C=C/CCCCCCCCCC(=O)OC(CCCCCCC/C=C/C/C=C/CC)CC(=O)NC(CO)C(O)CCCCCCCCCCCCCC. The van der Waals surface area contributed by atoms with Gasteiger partial charge >= 0.3 is 5.97 Å². The molecular formula is C51H93NO5. The van der Waals surface area contributed by atoms with Crippen molar-refractivity contribution in [3.8, 4) is 0 Å². The summed E-state index contributed by atoms with van der Waals surface area (Å²) in [4.78, 5) is 26.1. The lowest BCUT2D eigenvalue weighted by Gasteiger charge is -2.24. The summed E-state index contributed by atoms with van der Waals surface area (Å²) < 4.78 is 5.91. The molecule has 0 aromatic heterocycles. The van der Waals surface area contributed by atoms with Gasteiger partial charge in [0.25, 0.3) is 0 Å². The lowest BCUT2D eigenvalue weighted by Crippen LogP contribution is -2.46. The van der Waals surface area contributed by atoms with Gasteiger partial charge in [0.2, 0.25) is 5.91 Å². The highest BCUT2D eigenvalue weighted by atomic mass is 16.5. The number of hydrogen-bond donors (Lipinski definition) is 3. The van der Waals surface area contributed by atoms with Crippen LogP contribution in [-0.4, -0.2) is 46.9 Å². The van der Waals surface area contributed by atoms with Crippen LogP contribution in [-0.2, 0) is 14.3 Å². The van der Waals surface area contributed by atoms with Gasteiger partial charge in [-0.1, -0.05) is 198 Å². The Morgan fingerprint density at radius 2 is 0.947 bits per heavy atom. The van der Waals surface area contributed by atoms with Crippen molar-refractivity contribution in [2.24, 2.45) is 0 Å². The van der Waals surface area contributed by atoms with Gasteiger partial charge in [-0.05, 0) is 77.0 Å². The Morgan fingerprint density at radius 1 is 0.526 bits per heavy atom. The van der Waals surface area contributed by atoms with Gasteiger partial charge in [0.05, 0.1) is 25.2 Å². The van der Waals surface area contributed by atoms with Gasteiger partial charge in [-0.25, -0.2) is 0 Å². The number of ether oxygens (including phenoxy) is 1. The van der Waals surface area contributed by atoms with E-state index in [1.165, 1.54) is 96.3 Å². The lowest BCUT2D eigenvalue weighted by atomic mass is 10.0. The fourth-order valence-corrected chi connectivity index (χ4v) is 7.27. The molecular weight excluding hydrogens is 707 g/mol. The molecule has 0 spiro atoms. The molecule has 0 aliphatic carbocycles. The van der Waals surface area contributed by atoms with E-state index in [0.29, 0.717) is 19.3 Å². The Morgan fingerprint density at radius 3 is 1.42 bits per heavy atom. The second-order valence-corrected chi connectivity index (χ2v) is 16.4. The van der Waals surface area contributed by atoms with Crippen LogP contribution in [0.3, 0.4) is 0 Å². The average molecular weight is 800 g/mol. The molecule has 3 atom stereocenters. The fraction of sp³-hybridized carbons (Fsp3) is 0.804. The highest BCUT2D eigenvalue weighted by molar-refractivity contribution is 5.77. The van der Waals surface area contributed by atoms with E-state index >= 15 is 0 Å². The second kappa shape index (κ2) is 44.9. The highest BCUT2D eigenvalue weighted by Crippen LogP contribution is 2.18. The summed E-state index contributed by atoms with van der Waals surface area (Å²) in [6.07, 6.45) is 53.1. The maximum Gasteiger partial charge on any atom is 0.306 e.